The summed E-state index contributed by atoms with van der Waals surface area (Å²) in [6.45, 7) is 80.6. The highest BCUT2D eigenvalue weighted by molar-refractivity contribution is 7.25. The van der Waals surface area contributed by atoms with Gasteiger partial charge in [-0.05, 0) is 123 Å². The van der Waals surface area contributed by atoms with Gasteiger partial charge in [-0.3, -0.25) is 4.98 Å². The summed E-state index contributed by atoms with van der Waals surface area (Å²) in [6, 6.07) is 118. The minimum atomic E-state index is 0.500. The van der Waals surface area contributed by atoms with Crippen molar-refractivity contribution in [2.24, 2.45) is 37.9 Å². The molecule has 0 saturated carbocycles. The van der Waals surface area contributed by atoms with Gasteiger partial charge < -0.3 is 4.42 Å². The van der Waals surface area contributed by atoms with Crippen LogP contribution in [0.15, 0.2) is 369 Å². The van der Waals surface area contributed by atoms with E-state index in [1.807, 2.05) is 169 Å². The van der Waals surface area contributed by atoms with Crippen LogP contribution in [0.4, 0.5) is 11.4 Å². The molecule has 3 heterocycles. The molecule has 0 saturated heterocycles. The van der Waals surface area contributed by atoms with Gasteiger partial charge in [0, 0.05) is 43.3 Å². The average molecular weight is 1650 g/mol. The molecular weight excluding hydrogens is 1500 g/mol. The van der Waals surface area contributed by atoms with Gasteiger partial charge in [0.2, 0.25) is 0 Å². The Morgan fingerprint density at radius 2 is 0.418 bits per heavy atom. The maximum atomic E-state index is 6.57. The zero-order valence-corrected chi connectivity index (χ0v) is 81.6. The summed E-state index contributed by atoms with van der Waals surface area (Å²) >= 11 is 1.86. The second kappa shape index (κ2) is 60.3. The third kappa shape index (κ3) is 71.7. The molecule has 648 valence electrons. The molecule has 0 amide bonds. The predicted molar refractivity (Wildman–Crippen MR) is 549 cm³/mol. The second-order valence-electron chi connectivity index (χ2n) is 40.4. The third-order valence-electron chi connectivity index (χ3n) is 12.8. The van der Waals surface area contributed by atoms with Crippen LogP contribution in [0.2, 0.25) is 0 Å². The Morgan fingerprint density at radius 1 is 0.221 bits per heavy atom. The van der Waals surface area contributed by atoms with Gasteiger partial charge in [0.25, 0.3) is 0 Å². The standard InChI is InChI=1S/C18H14.C12H8O.C12H8S.2C7H5N.3C7H8.C5H5N.7C5H12/c1-3-8-15(9-4-1)17-12-7-13-18(14-17)16-10-5-2-6-11-16;2*1-3-7-11-9(5-1)10-6-2-4-8-12(10)13-11;2*1-8-7-5-3-2-4-6-7;3*1-7-5-3-2-4-6-7;1-2-4-6-5-3-1;7*1-5(2,3)4/h1-14H;2*1-8H;2*2-6H;3*2-6H,1H3;1-5H;7*1-4H3. The Labute approximate surface area is 747 Å². The van der Waals surface area contributed by atoms with Gasteiger partial charge in [0.1, 0.15) is 11.2 Å². The fourth-order valence-corrected chi connectivity index (χ4v) is 9.52. The number of aromatic nitrogens is 1. The highest BCUT2D eigenvalue weighted by atomic mass is 32.1. The third-order valence-corrected chi connectivity index (χ3v) is 14.0. The topological polar surface area (TPSA) is 34.8 Å². The van der Waals surface area contributed by atoms with Crippen molar-refractivity contribution in [2.45, 2.75) is 215 Å². The number of rotatable bonds is 2. The number of para-hydroxylation sites is 4. The number of hydrogen-bond acceptors (Lipinski definition) is 3. The van der Waals surface area contributed by atoms with Gasteiger partial charge in [-0.1, -0.05) is 520 Å². The number of pyridine rings is 1. The molecular formula is C117H153N3OS. The quantitative estimate of drug-likeness (QED) is 0.162. The van der Waals surface area contributed by atoms with E-state index in [-0.39, 0.29) is 0 Å². The Morgan fingerprint density at radius 3 is 0.623 bits per heavy atom. The largest absolute Gasteiger partial charge is 0.456 e. The summed E-state index contributed by atoms with van der Waals surface area (Å²) in [5, 5.41) is 5.14. The first-order chi connectivity index (χ1) is 56.9. The van der Waals surface area contributed by atoms with E-state index in [4.69, 9.17) is 17.6 Å². The molecule has 0 unspecified atom stereocenters. The summed E-state index contributed by atoms with van der Waals surface area (Å²) in [5.74, 6) is 0. The molecule has 0 aliphatic carbocycles. The first-order valence-corrected chi connectivity index (χ1v) is 43.4. The molecule has 12 aromatic carbocycles. The van der Waals surface area contributed by atoms with Gasteiger partial charge in [-0.25, -0.2) is 9.69 Å². The Hall–Kier alpha value is -11.2. The van der Waals surface area contributed by atoms with Crippen LogP contribution in [0.1, 0.15) is 211 Å². The van der Waals surface area contributed by atoms with Gasteiger partial charge in [0.05, 0.1) is 13.1 Å². The lowest BCUT2D eigenvalue weighted by Crippen LogP contribution is -1.93. The Kier molecular flexibility index (Phi) is 54.8. The molecule has 0 atom stereocenters. The highest BCUT2D eigenvalue weighted by Crippen LogP contribution is 2.33. The summed E-state index contributed by atoms with van der Waals surface area (Å²) in [7, 11) is 0. The molecule has 0 radical (unpaired) electrons. The monoisotopic (exact) mass is 1650 g/mol. The molecule has 4 nitrogen and oxygen atoms in total. The molecule has 5 heteroatoms. The number of hydrogen-bond donors (Lipinski definition) is 0. The van der Waals surface area contributed by atoms with E-state index in [0.29, 0.717) is 49.3 Å². The van der Waals surface area contributed by atoms with Crippen LogP contribution in [-0.4, -0.2) is 4.98 Å². The summed E-state index contributed by atoms with van der Waals surface area (Å²) < 4.78 is 8.41. The highest BCUT2D eigenvalue weighted by Gasteiger charge is 2.06. The first-order valence-electron chi connectivity index (χ1n) is 42.6. The van der Waals surface area contributed by atoms with Gasteiger partial charge in [0.15, 0.2) is 11.4 Å². The van der Waals surface area contributed by atoms with Crippen LogP contribution in [0, 0.1) is 71.8 Å². The maximum Gasteiger partial charge on any atom is 0.187 e. The fraction of sp³-hybridized carbons (Fsp3) is 0.325. The van der Waals surface area contributed by atoms with E-state index in [9.17, 15) is 0 Å². The Balaban J connectivity index is 0.00000131. The zero-order valence-electron chi connectivity index (χ0n) is 80.8. The van der Waals surface area contributed by atoms with Crippen molar-refractivity contribution in [1.82, 2.24) is 4.98 Å². The fourth-order valence-electron chi connectivity index (χ4n) is 8.41. The van der Waals surface area contributed by atoms with E-state index >= 15 is 0 Å². The molecule has 0 aliphatic heterocycles. The molecule has 0 aliphatic rings. The van der Waals surface area contributed by atoms with E-state index in [1.165, 1.54) is 69.9 Å². The number of aryl methyl sites for hydroxylation is 3. The lowest BCUT2D eigenvalue weighted by molar-refractivity contribution is 0.469. The molecule has 0 bridgehead atoms. The molecule has 3 aromatic heterocycles. The van der Waals surface area contributed by atoms with E-state index in [0.717, 1.165) is 11.2 Å². The van der Waals surface area contributed by atoms with Crippen LogP contribution < -0.4 is 0 Å². The van der Waals surface area contributed by atoms with Crippen LogP contribution in [0.3, 0.4) is 0 Å². The number of benzene rings is 12. The van der Waals surface area contributed by atoms with Crippen molar-refractivity contribution in [1.29, 1.82) is 0 Å². The van der Waals surface area contributed by atoms with Gasteiger partial charge >= 0.3 is 0 Å². The summed E-state index contributed by atoms with van der Waals surface area (Å²) in [4.78, 5) is 10.2. The van der Waals surface area contributed by atoms with Crippen LogP contribution in [-0.2, 0) is 0 Å². The lowest BCUT2D eigenvalue weighted by atomic mass is 9.99. The van der Waals surface area contributed by atoms with Crippen LogP contribution in [0.25, 0.3) is 74.1 Å². The second-order valence-corrected chi connectivity index (χ2v) is 41.5. The smallest absolute Gasteiger partial charge is 0.187 e. The molecule has 0 N–H and O–H groups in total. The first kappa shape index (κ1) is 111. The lowest BCUT2D eigenvalue weighted by Gasteiger charge is -2.05. The van der Waals surface area contributed by atoms with Crippen molar-refractivity contribution in [3.63, 3.8) is 0 Å². The van der Waals surface area contributed by atoms with E-state index in [1.54, 1.807) is 36.7 Å². The van der Waals surface area contributed by atoms with Crippen molar-refractivity contribution >= 4 is 64.8 Å². The molecule has 0 fully saturated rings. The van der Waals surface area contributed by atoms with Gasteiger partial charge in [-0.15, -0.1) is 11.3 Å². The normalized spacial score (nSPS) is 10.2. The summed E-state index contributed by atoms with van der Waals surface area (Å²) in [5.41, 5.74) is 15.8. The zero-order chi connectivity index (χ0) is 92.3. The van der Waals surface area contributed by atoms with Crippen LogP contribution >= 0.6 is 11.3 Å². The number of fused-ring (bicyclic) bond motifs is 6. The van der Waals surface area contributed by atoms with Crippen molar-refractivity contribution < 1.29 is 4.42 Å². The van der Waals surface area contributed by atoms with Crippen molar-refractivity contribution in [3.05, 3.63) is 404 Å². The average Bonchev–Trinajstić information content (AvgIpc) is 1.65. The maximum absolute atomic E-state index is 6.57. The van der Waals surface area contributed by atoms with Crippen molar-refractivity contribution in [2.75, 3.05) is 0 Å². The van der Waals surface area contributed by atoms with E-state index < -0.39 is 0 Å². The minimum absolute atomic E-state index is 0.500. The van der Waals surface area contributed by atoms with Gasteiger partial charge in [-0.2, -0.15) is 0 Å². The minimum Gasteiger partial charge on any atom is -0.456 e. The number of thiophene rings is 1. The molecule has 15 rings (SSSR count). The van der Waals surface area contributed by atoms with Crippen molar-refractivity contribution in [3.8, 4) is 22.3 Å². The predicted octanol–water partition coefficient (Wildman–Crippen LogP) is 38.6. The van der Waals surface area contributed by atoms with E-state index in [2.05, 4.69) is 399 Å². The molecule has 0 spiro atoms. The SMILES string of the molecule is CC(C)(C)C.CC(C)(C)C.CC(C)(C)C.CC(C)(C)C.CC(C)(C)C.CC(C)(C)C.CC(C)(C)C.Cc1ccccc1.Cc1ccccc1.Cc1ccccc1.[C-]#[N+]c1ccccc1.[C-]#[N+]c1ccccc1.c1ccc(-c2cccc(-c3ccccc3)c2)cc1.c1ccc2c(c1)oc1ccccc12.c1ccc2c(c1)sc1ccccc12.c1ccncc1. The summed E-state index contributed by atoms with van der Waals surface area (Å²) in [6.07, 6.45) is 3.50. The molecule has 15 aromatic rings. The number of furan rings is 1. The Bertz CT molecular complexity index is 4520. The number of nitrogens with zero attached hydrogens (tertiary/aromatic N) is 3. The molecule has 122 heavy (non-hydrogen) atoms. The van der Waals surface area contributed by atoms with Crippen LogP contribution in [0.5, 0.6) is 0 Å².